The summed E-state index contributed by atoms with van der Waals surface area (Å²) in [6.07, 6.45) is -2.48. The van der Waals surface area contributed by atoms with Crippen LogP contribution in [0.15, 0.2) is 24.4 Å². The van der Waals surface area contributed by atoms with Crippen molar-refractivity contribution in [3.05, 3.63) is 30.1 Å². The van der Waals surface area contributed by atoms with E-state index in [1.807, 2.05) is 6.07 Å². The Kier molecular flexibility index (Phi) is 3.07. The molecule has 5 N–H and O–H groups in total. The van der Waals surface area contributed by atoms with Crippen molar-refractivity contribution in [3.8, 4) is 6.07 Å². The second-order valence-corrected chi connectivity index (χ2v) is 4.92. The van der Waals surface area contributed by atoms with Crippen molar-refractivity contribution in [2.24, 2.45) is 0 Å². The predicted molar refractivity (Wildman–Crippen MR) is 70.9 cm³/mol. The van der Waals surface area contributed by atoms with Gasteiger partial charge in [-0.15, -0.1) is 0 Å². The number of nitrogen functional groups attached to an aromatic ring is 1. The summed E-state index contributed by atoms with van der Waals surface area (Å²) in [4.78, 5) is 0. The molecule has 8 nitrogen and oxygen atoms in total. The van der Waals surface area contributed by atoms with E-state index in [-0.39, 0.29) is 5.69 Å². The summed E-state index contributed by atoms with van der Waals surface area (Å²) < 4.78 is 6.83. The smallest absolute Gasteiger partial charge is 0.225 e. The molecule has 4 atom stereocenters. The number of aromatic nitrogens is 2. The zero-order valence-corrected chi connectivity index (χ0v) is 10.9. The van der Waals surface area contributed by atoms with Crippen molar-refractivity contribution in [1.82, 2.24) is 9.61 Å². The van der Waals surface area contributed by atoms with E-state index in [1.165, 1.54) is 10.7 Å². The second kappa shape index (κ2) is 4.68. The molecule has 0 saturated carbocycles. The minimum absolute atomic E-state index is 0.245. The lowest BCUT2D eigenvalue weighted by atomic mass is 9.92. The lowest BCUT2D eigenvalue weighted by Gasteiger charge is -2.24. The molecule has 1 aliphatic rings. The minimum Gasteiger partial charge on any atom is -0.397 e. The predicted octanol–water partition coefficient (Wildman–Crippen LogP) is -1.25. The van der Waals surface area contributed by atoms with E-state index in [4.69, 9.17) is 10.5 Å². The van der Waals surface area contributed by atoms with Gasteiger partial charge in [-0.05, 0) is 18.2 Å². The maximum atomic E-state index is 10.2. The van der Waals surface area contributed by atoms with Crippen molar-refractivity contribution >= 4 is 11.2 Å². The van der Waals surface area contributed by atoms with Crippen LogP contribution < -0.4 is 5.73 Å². The Morgan fingerprint density at radius 2 is 2.19 bits per heavy atom. The first-order valence-electron chi connectivity index (χ1n) is 6.34. The number of anilines is 1. The van der Waals surface area contributed by atoms with Gasteiger partial charge < -0.3 is 25.8 Å². The molecule has 0 spiro atoms. The van der Waals surface area contributed by atoms with E-state index >= 15 is 0 Å². The van der Waals surface area contributed by atoms with Gasteiger partial charge in [0.25, 0.3) is 0 Å². The van der Waals surface area contributed by atoms with Gasteiger partial charge >= 0.3 is 0 Å². The molecule has 1 saturated heterocycles. The molecule has 0 bridgehead atoms. The van der Waals surface area contributed by atoms with Gasteiger partial charge in [0, 0.05) is 6.20 Å². The first-order chi connectivity index (χ1) is 10.0. The fourth-order valence-electron chi connectivity index (χ4n) is 2.65. The lowest BCUT2D eigenvalue weighted by molar-refractivity contribution is -0.0642. The standard InChI is InChI=1S/C13H14N4O4/c14-6-13(12(20)11(19)9(5-18)21-13)10-2-1-8-7(15)3-4-16-17(8)10/h1-4,9,11-12,18-20H,5,15H2/t9-,11?,12+,13+/m1/s1. The highest BCUT2D eigenvalue weighted by molar-refractivity contribution is 5.69. The van der Waals surface area contributed by atoms with Gasteiger partial charge in [-0.3, -0.25) is 0 Å². The summed E-state index contributed by atoms with van der Waals surface area (Å²) in [5, 5.41) is 42.9. The normalized spacial score (nSPS) is 32.4. The number of nitriles is 1. The Balaban J connectivity index is 2.20. The lowest BCUT2D eigenvalue weighted by Crippen LogP contribution is -2.40. The Hall–Kier alpha value is -2.18. The summed E-state index contributed by atoms with van der Waals surface area (Å²) in [6, 6.07) is 6.70. The largest absolute Gasteiger partial charge is 0.397 e. The first-order valence-corrected chi connectivity index (χ1v) is 6.34. The third-order valence-electron chi connectivity index (χ3n) is 3.77. The van der Waals surface area contributed by atoms with Crippen molar-refractivity contribution in [2.45, 2.75) is 23.9 Å². The molecule has 0 radical (unpaired) electrons. The average molecular weight is 290 g/mol. The second-order valence-electron chi connectivity index (χ2n) is 4.92. The maximum Gasteiger partial charge on any atom is 0.225 e. The minimum atomic E-state index is -1.82. The highest BCUT2D eigenvalue weighted by atomic mass is 16.6. The van der Waals surface area contributed by atoms with Crippen LogP contribution in [0.4, 0.5) is 5.69 Å². The van der Waals surface area contributed by atoms with Crippen LogP contribution in [0.2, 0.25) is 0 Å². The molecule has 0 aliphatic carbocycles. The number of aliphatic hydroxyl groups is 3. The van der Waals surface area contributed by atoms with Gasteiger partial charge in [0.2, 0.25) is 5.60 Å². The molecule has 21 heavy (non-hydrogen) atoms. The zero-order chi connectivity index (χ0) is 15.2. The van der Waals surface area contributed by atoms with Crippen molar-refractivity contribution in [1.29, 1.82) is 5.26 Å². The number of ether oxygens (including phenoxy) is 1. The molecule has 1 aliphatic heterocycles. The fourth-order valence-corrected chi connectivity index (χ4v) is 2.65. The molecule has 8 heteroatoms. The van der Waals surface area contributed by atoms with Gasteiger partial charge in [-0.25, -0.2) is 4.52 Å². The number of nitrogens with two attached hydrogens (primary N) is 1. The molecular formula is C13H14N4O4. The first kappa shape index (κ1) is 13.8. The highest BCUT2D eigenvalue weighted by Crippen LogP contribution is 2.40. The maximum absolute atomic E-state index is 10.2. The van der Waals surface area contributed by atoms with Crippen LogP contribution in [-0.4, -0.2) is 49.9 Å². The van der Waals surface area contributed by atoms with Crippen LogP contribution in [0, 0.1) is 11.3 Å². The Morgan fingerprint density at radius 1 is 1.43 bits per heavy atom. The van der Waals surface area contributed by atoms with Crippen LogP contribution in [0.3, 0.4) is 0 Å². The third-order valence-corrected chi connectivity index (χ3v) is 3.77. The number of nitrogens with zero attached hydrogens (tertiary/aromatic N) is 3. The van der Waals surface area contributed by atoms with Gasteiger partial charge in [0.1, 0.15) is 24.4 Å². The number of fused-ring (bicyclic) bond motifs is 1. The van der Waals surface area contributed by atoms with Gasteiger partial charge in [0.05, 0.1) is 23.5 Å². The Bertz CT molecular complexity index is 725. The van der Waals surface area contributed by atoms with E-state index in [0.29, 0.717) is 11.2 Å². The fraction of sp³-hybridized carbons (Fsp3) is 0.385. The van der Waals surface area contributed by atoms with Crippen molar-refractivity contribution < 1.29 is 20.1 Å². The number of aliphatic hydroxyl groups excluding tert-OH is 3. The molecular weight excluding hydrogens is 276 g/mol. The average Bonchev–Trinajstić information content (AvgIpc) is 3.03. The molecule has 2 aromatic heterocycles. The van der Waals surface area contributed by atoms with Crippen LogP contribution in [-0.2, 0) is 10.3 Å². The van der Waals surface area contributed by atoms with Crippen LogP contribution >= 0.6 is 0 Å². The van der Waals surface area contributed by atoms with Crippen LogP contribution in [0.1, 0.15) is 5.69 Å². The van der Waals surface area contributed by atoms with Crippen molar-refractivity contribution in [2.75, 3.05) is 12.3 Å². The zero-order valence-electron chi connectivity index (χ0n) is 10.9. The van der Waals surface area contributed by atoms with Crippen molar-refractivity contribution in [3.63, 3.8) is 0 Å². The molecule has 1 unspecified atom stereocenters. The SMILES string of the molecule is N#C[C@@]1(c2ccc3c(N)ccnn23)O[C@H](CO)C(O)[C@@H]1O. The molecule has 110 valence electrons. The van der Waals surface area contributed by atoms with Crippen LogP contribution in [0.5, 0.6) is 0 Å². The topological polar surface area (TPSA) is 137 Å². The molecule has 3 heterocycles. The number of hydrogen-bond acceptors (Lipinski definition) is 7. The quantitative estimate of drug-likeness (QED) is 0.542. The van der Waals surface area contributed by atoms with E-state index < -0.39 is 30.5 Å². The van der Waals surface area contributed by atoms with Gasteiger partial charge in [-0.1, -0.05) is 0 Å². The third kappa shape index (κ3) is 1.73. The Labute approximate surface area is 119 Å². The highest BCUT2D eigenvalue weighted by Gasteiger charge is 2.57. The van der Waals surface area contributed by atoms with Gasteiger partial charge in [-0.2, -0.15) is 10.4 Å². The number of rotatable bonds is 2. The monoisotopic (exact) mass is 290 g/mol. The van der Waals surface area contributed by atoms with E-state index in [0.717, 1.165) is 0 Å². The molecule has 1 fully saturated rings. The molecule has 2 aromatic rings. The van der Waals surface area contributed by atoms with Gasteiger partial charge in [0.15, 0.2) is 0 Å². The Morgan fingerprint density at radius 3 is 2.81 bits per heavy atom. The summed E-state index contributed by atoms with van der Waals surface area (Å²) in [5.41, 5.74) is 5.27. The van der Waals surface area contributed by atoms with E-state index in [9.17, 15) is 20.6 Å². The summed E-state index contributed by atoms with van der Waals surface area (Å²) in [7, 11) is 0. The number of hydrogen-bond donors (Lipinski definition) is 4. The summed E-state index contributed by atoms with van der Waals surface area (Å²) >= 11 is 0. The summed E-state index contributed by atoms with van der Waals surface area (Å²) in [6.45, 7) is -0.513. The molecule has 0 aromatic carbocycles. The van der Waals surface area contributed by atoms with Crippen LogP contribution in [0.25, 0.3) is 5.52 Å². The van der Waals surface area contributed by atoms with E-state index in [1.54, 1.807) is 18.2 Å². The molecule has 3 rings (SSSR count). The molecule has 0 amide bonds. The summed E-state index contributed by atoms with van der Waals surface area (Å²) in [5.74, 6) is 0. The van der Waals surface area contributed by atoms with E-state index in [2.05, 4.69) is 5.10 Å².